The van der Waals surface area contributed by atoms with Gasteiger partial charge in [0.25, 0.3) is 0 Å². The van der Waals surface area contributed by atoms with Crippen molar-refractivity contribution in [1.29, 1.82) is 0 Å². The summed E-state index contributed by atoms with van der Waals surface area (Å²) in [6.07, 6.45) is 10.8. The number of ether oxygens (including phenoxy) is 1. The van der Waals surface area contributed by atoms with Crippen LogP contribution in [0.3, 0.4) is 0 Å². The van der Waals surface area contributed by atoms with Crippen LogP contribution in [0, 0.1) is 0 Å². The minimum atomic E-state index is 0.0419. The maximum atomic E-state index is 5.62. The van der Waals surface area contributed by atoms with E-state index < -0.39 is 0 Å². The van der Waals surface area contributed by atoms with Crippen LogP contribution in [-0.2, 0) is 4.74 Å². The minimum Gasteiger partial charge on any atom is -0.374 e. The predicted octanol–water partition coefficient (Wildman–Crippen LogP) is 3.68. The average Bonchev–Trinajstić information content (AvgIpc) is 2.16. The number of alkyl halides is 1. The van der Waals surface area contributed by atoms with E-state index in [4.69, 9.17) is 4.74 Å². The van der Waals surface area contributed by atoms with Gasteiger partial charge in [0.05, 0.1) is 5.60 Å². The molecule has 1 atom stereocenters. The molecule has 1 saturated carbocycles. The highest BCUT2D eigenvalue weighted by Gasteiger charge is 2.28. The molecule has 2 heteroatoms. The Morgan fingerprint density at radius 3 is 2.38 bits per heavy atom. The van der Waals surface area contributed by atoms with Gasteiger partial charge in [-0.05, 0) is 19.8 Å². The lowest BCUT2D eigenvalue weighted by Crippen LogP contribution is -2.31. The summed E-state index contributed by atoms with van der Waals surface area (Å²) in [6.45, 7) is 2.13. The predicted molar refractivity (Wildman–Crippen MR) is 60.4 cm³/mol. The number of rotatable bonds is 3. The summed E-state index contributed by atoms with van der Waals surface area (Å²) in [5.41, 5.74) is 0.0419. The fraction of sp³-hybridized carbons (Fsp3) is 0.818. The number of hydrogen-bond acceptors (Lipinski definition) is 1. The summed E-state index contributed by atoms with van der Waals surface area (Å²) in [5, 5.41) is 0. The van der Waals surface area contributed by atoms with Crippen molar-refractivity contribution in [3.05, 3.63) is 12.2 Å². The quantitative estimate of drug-likeness (QED) is 0.546. The lowest BCUT2D eigenvalue weighted by molar-refractivity contribution is 0.00187. The third-order valence-corrected chi connectivity index (χ3v) is 3.08. The third kappa shape index (κ3) is 3.43. The first-order valence-corrected chi connectivity index (χ1v) is 5.99. The summed E-state index contributed by atoms with van der Waals surface area (Å²) >= 11 is 3.51. The molecule has 0 amide bonds. The Bertz CT molecular complexity index is 169. The Balaban J connectivity index is 2.57. The molecule has 0 aromatic heterocycles. The van der Waals surface area contributed by atoms with Crippen LogP contribution in [0.5, 0.6) is 0 Å². The maximum absolute atomic E-state index is 5.62. The van der Waals surface area contributed by atoms with Gasteiger partial charge in [-0.3, -0.25) is 0 Å². The summed E-state index contributed by atoms with van der Waals surface area (Å²) in [5.74, 6) is 0. The van der Waals surface area contributed by atoms with E-state index in [1.165, 1.54) is 32.1 Å². The fourth-order valence-electron chi connectivity index (χ4n) is 1.90. The third-order valence-electron chi connectivity index (χ3n) is 2.77. The van der Waals surface area contributed by atoms with Gasteiger partial charge in [-0.25, -0.2) is 0 Å². The highest BCUT2D eigenvalue weighted by molar-refractivity contribution is 9.09. The van der Waals surface area contributed by atoms with Crippen molar-refractivity contribution in [3.63, 3.8) is 0 Å². The highest BCUT2D eigenvalue weighted by atomic mass is 79.9. The monoisotopic (exact) mass is 246 g/mol. The van der Waals surface area contributed by atoms with Gasteiger partial charge >= 0.3 is 0 Å². The molecule has 0 heterocycles. The Morgan fingerprint density at radius 1 is 1.31 bits per heavy atom. The van der Waals surface area contributed by atoms with Crippen molar-refractivity contribution in [2.45, 2.75) is 49.5 Å². The number of hydrogen-bond donors (Lipinski definition) is 0. The second kappa shape index (κ2) is 5.16. The summed E-state index contributed by atoms with van der Waals surface area (Å²) in [4.78, 5) is 0.446. The molecule has 76 valence electrons. The van der Waals surface area contributed by atoms with Crippen molar-refractivity contribution < 1.29 is 4.74 Å². The van der Waals surface area contributed by atoms with Crippen molar-refractivity contribution in [2.24, 2.45) is 0 Å². The van der Waals surface area contributed by atoms with Gasteiger partial charge in [0.2, 0.25) is 0 Å². The van der Waals surface area contributed by atoms with Gasteiger partial charge in [0.1, 0.15) is 0 Å². The average molecular weight is 247 g/mol. The Morgan fingerprint density at radius 2 is 1.92 bits per heavy atom. The topological polar surface area (TPSA) is 9.23 Å². The van der Waals surface area contributed by atoms with Gasteiger partial charge in [-0.15, -0.1) is 0 Å². The molecule has 0 aliphatic heterocycles. The van der Waals surface area contributed by atoms with Crippen LogP contribution in [-0.4, -0.2) is 17.5 Å². The molecule has 1 rings (SSSR count). The van der Waals surface area contributed by atoms with Crippen LogP contribution >= 0.6 is 15.9 Å². The van der Waals surface area contributed by atoms with Crippen molar-refractivity contribution >= 4 is 15.9 Å². The first kappa shape index (κ1) is 11.3. The van der Waals surface area contributed by atoms with E-state index in [1.807, 2.05) is 7.11 Å². The van der Waals surface area contributed by atoms with E-state index in [-0.39, 0.29) is 5.60 Å². The summed E-state index contributed by atoms with van der Waals surface area (Å²) in [7, 11) is 1.83. The number of allylic oxidation sites excluding steroid dienone is 1. The number of halogens is 1. The Kier molecular flexibility index (Phi) is 4.47. The molecule has 0 aromatic rings. The Labute approximate surface area is 89.7 Å². The van der Waals surface area contributed by atoms with Gasteiger partial charge in [-0.2, -0.15) is 0 Å². The fourth-order valence-corrected chi connectivity index (χ4v) is 2.05. The summed E-state index contributed by atoms with van der Waals surface area (Å²) in [6, 6.07) is 0. The van der Waals surface area contributed by atoms with Crippen LogP contribution in [0.1, 0.15) is 39.0 Å². The largest absolute Gasteiger partial charge is 0.374 e. The van der Waals surface area contributed by atoms with Gasteiger partial charge in [-0.1, -0.05) is 47.3 Å². The standard InChI is InChI=1S/C11H19BrO/c1-10(12)6-9-11(13-2)7-4-3-5-8-11/h6,9-10H,3-5,7-8H2,1-2H3/b9-6+. The SMILES string of the molecule is COC1(/C=C/C(C)Br)CCCCC1. The second-order valence-corrected chi connectivity index (χ2v) is 5.31. The zero-order chi connectivity index (χ0) is 9.73. The molecule has 0 bridgehead atoms. The van der Waals surface area contributed by atoms with Crippen LogP contribution in [0.2, 0.25) is 0 Å². The molecule has 1 aliphatic carbocycles. The molecule has 1 fully saturated rings. The van der Waals surface area contributed by atoms with E-state index in [0.29, 0.717) is 4.83 Å². The van der Waals surface area contributed by atoms with E-state index in [2.05, 4.69) is 35.0 Å². The molecule has 0 radical (unpaired) electrons. The van der Waals surface area contributed by atoms with Crippen LogP contribution < -0.4 is 0 Å². The lowest BCUT2D eigenvalue weighted by atomic mass is 9.84. The first-order chi connectivity index (χ1) is 6.18. The van der Waals surface area contributed by atoms with Crippen LogP contribution in [0.15, 0.2) is 12.2 Å². The van der Waals surface area contributed by atoms with E-state index in [1.54, 1.807) is 0 Å². The second-order valence-electron chi connectivity index (χ2n) is 3.87. The molecular weight excluding hydrogens is 228 g/mol. The van der Waals surface area contributed by atoms with Gasteiger partial charge in [0, 0.05) is 11.9 Å². The zero-order valence-corrected chi connectivity index (χ0v) is 10.1. The molecule has 0 N–H and O–H groups in total. The molecule has 13 heavy (non-hydrogen) atoms. The molecule has 1 nitrogen and oxygen atoms in total. The molecule has 0 aromatic carbocycles. The molecule has 1 unspecified atom stereocenters. The van der Waals surface area contributed by atoms with Gasteiger partial charge < -0.3 is 4.74 Å². The van der Waals surface area contributed by atoms with Gasteiger partial charge in [0.15, 0.2) is 0 Å². The van der Waals surface area contributed by atoms with Crippen molar-refractivity contribution in [3.8, 4) is 0 Å². The molecule has 1 aliphatic rings. The van der Waals surface area contributed by atoms with Crippen LogP contribution in [0.25, 0.3) is 0 Å². The summed E-state index contributed by atoms with van der Waals surface area (Å²) < 4.78 is 5.62. The lowest BCUT2D eigenvalue weighted by Gasteiger charge is -2.33. The van der Waals surface area contributed by atoms with E-state index >= 15 is 0 Å². The van der Waals surface area contributed by atoms with Crippen LogP contribution in [0.4, 0.5) is 0 Å². The zero-order valence-electron chi connectivity index (χ0n) is 8.55. The molecule has 0 spiro atoms. The van der Waals surface area contributed by atoms with Crippen molar-refractivity contribution in [2.75, 3.05) is 7.11 Å². The maximum Gasteiger partial charge on any atom is 0.0859 e. The van der Waals surface area contributed by atoms with E-state index in [0.717, 1.165) is 0 Å². The highest BCUT2D eigenvalue weighted by Crippen LogP contribution is 2.32. The van der Waals surface area contributed by atoms with E-state index in [9.17, 15) is 0 Å². The first-order valence-electron chi connectivity index (χ1n) is 5.07. The Hall–Kier alpha value is 0.180. The molecule has 0 saturated heterocycles. The number of methoxy groups -OCH3 is 1. The smallest absolute Gasteiger partial charge is 0.0859 e. The minimum absolute atomic E-state index is 0.0419. The molecular formula is C11H19BrO. The van der Waals surface area contributed by atoms with Crippen molar-refractivity contribution in [1.82, 2.24) is 0 Å². The normalized spacial score (nSPS) is 24.8.